The molecule has 0 aromatic carbocycles. The largest absolute Gasteiger partial charge is 0.389 e. The summed E-state index contributed by atoms with van der Waals surface area (Å²) in [7, 11) is 0. The number of halogens is 3. The zero-order valence-corrected chi connectivity index (χ0v) is 8.73. The highest BCUT2D eigenvalue weighted by Crippen LogP contribution is 2.20. The molecule has 0 aromatic heterocycles. The Kier molecular flexibility index (Phi) is 6.31. The van der Waals surface area contributed by atoms with Crippen LogP contribution in [0.1, 0.15) is 32.6 Å². The molecule has 1 unspecified atom stereocenters. The van der Waals surface area contributed by atoms with Crippen LogP contribution in [0, 0.1) is 0 Å². The molecule has 6 heteroatoms. The predicted octanol–water partition coefficient (Wildman–Crippen LogP) is 1.57. The first kappa shape index (κ1) is 14.2. The monoisotopic (exact) mass is 226 g/mol. The first-order valence-electron chi connectivity index (χ1n) is 4.94. The summed E-state index contributed by atoms with van der Waals surface area (Å²) >= 11 is 0. The summed E-state index contributed by atoms with van der Waals surface area (Å²) in [6.45, 7) is 2.19. The van der Waals surface area contributed by atoms with E-state index in [2.05, 4.69) is 5.32 Å². The van der Waals surface area contributed by atoms with Crippen LogP contribution in [0.4, 0.5) is 13.2 Å². The minimum Gasteiger partial charge on any atom is -0.355 e. The maximum absolute atomic E-state index is 11.7. The molecule has 0 fully saturated rings. The number of nitrogens with two attached hydrogens (primary N) is 1. The van der Waals surface area contributed by atoms with E-state index in [-0.39, 0.29) is 12.6 Å². The molecule has 0 spiro atoms. The van der Waals surface area contributed by atoms with E-state index in [4.69, 9.17) is 5.73 Å². The number of rotatable bonds is 6. The van der Waals surface area contributed by atoms with Crippen LogP contribution in [-0.4, -0.2) is 24.7 Å². The first-order valence-corrected chi connectivity index (χ1v) is 4.94. The fourth-order valence-electron chi connectivity index (χ4n) is 1.06. The van der Waals surface area contributed by atoms with Gasteiger partial charge in [-0.15, -0.1) is 0 Å². The Bertz CT molecular complexity index is 194. The average molecular weight is 226 g/mol. The molecule has 0 aliphatic rings. The number of hydrogen-bond acceptors (Lipinski definition) is 2. The summed E-state index contributed by atoms with van der Waals surface area (Å²) in [6.07, 6.45) is -4.24. The lowest BCUT2D eigenvalue weighted by Crippen LogP contribution is -2.37. The van der Waals surface area contributed by atoms with Crippen LogP contribution in [0.25, 0.3) is 0 Å². The van der Waals surface area contributed by atoms with Gasteiger partial charge in [0.15, 0.2) is 0 Å². The van der Waals surface area contributed by atoms with E-state index in [0.717, 1.165) is 12.8 Å². The van der Waals surface area contributed by atoms with Crippen molar-refractivity contribution in [2.75, 3.05) is 6.54 Å². The van der Waals surface area contributed by atoms with Crippen molar-refractivity contribution in [3.05, 3.63) is 0 Å². The van der Waals surface area contributed by atoms with Crippen LogP contribution < -0.4 is 11.1 Å². The van der Waals surface area contributed by atoms with E-state index in [0.29, 0.717) is 0 Å². The molecular formula is C9H17F3N2O. The summed E-state index contributed by atoms with van der Waals surface area (Å²) in [5.74, 6) is -0.598. The van der Waals surface area contributed by atoms with E-state index in [1.807, 2.05) is 6.92 Å². The fourth-order valence-corrected chi connectivity index (χ4v) is 1.06. The van der Waals surface area contributed by atoms with E-state index in [9.17, 15) is 18.0 Å². The summed E-state index contributed by atoms with van der Waals surface area (Å²) in [4.78, 5) is 10.9. The second kappa shape index (κ2) is 6.66. The molecule has 3 nitrogen and oxygen atoms in total. The minimum atomic E-state index is -4.27. The van der Waals surface area contributed by atoms with Gasteiger partial charge < -0.3 is 11.1 Å². The molecule has 0 radical (unpaired) electrons. The molecule has 1 atom stereocenters. The van der Waals surface area contributed by atoms with Crippen molar-refractivity contribution in [1.82, 2.24) is 5.32 Å². The van der Waals surface area contributed by atoms with Crippen LogP contribution in [0.2, 0.25) is 0 Å². The maximum Gasteiger partial charge on any atom is 0.389 e. The van der Waals surface area contributed by atoms with Crippen molar-refractivity contribution in [1.29, 1.82) is 0 Å². The van der Waals surface area contributed by atoms with Crippen LogP contribution in [0.3, 0.4) is 0 Å². The summed E-state index contributed by atoms with van der Waals surface area (Å²) < 4.78 is 35.2. The van der Waals surface area contributed by atoms with Gasteiger partial charge in [0.2, 0.25) is 5.91 Å². The highest BCUT2D eigenvalue weighted by molar-refractivity contribution is 5.75. The quantitative estimate of drug-likeness (QED) is 0.722. The normalized spacial score (nSPS) is 13.7. The second-order valence-electron chi connectivity index (χ2n) is 3.47. The summed E-state index contributed by atoms with van der Waals surface area (Å²) in [5.41, 5.74) is 5.58. The molecule has 0 aromatic rings. The zero-order valence-electron chi connectivity index (χ0n) is 8.73. The van der Waals surface area contributed by atoms with Gasteiger partial charge in [0.05, 0.1) is 6.42 Å². The topological polar surface area (TPSA) is 55.1 Å². The van der Waals surface area contributed by atoms with Gasteiger partial charge in [-0.1, -0.05) is 13.3 Å². The van der Waals surface area contributed by atoms with Gasteiger partial charge in [0.25, 0.3) is 0 Å². The summed E-state index contributed by atoms with van der Waals surface area (Å²) in [6, 6.07) is -0.176. The Balaban J connectivity index is 3.58. The Hall–Kier alpha value is -0.780. The van der Waals surface area contributed by atoms with Gasteiger partial charge >= 0.3 is 6.18 Å². The number of amides is 1. The molecule has 90 valence electrons. The van der Waals surface area contributed by atoms with E-state index in [1.54, 1.807) is 0 Å². The highest BCUT2D eigenvalue weighted by atomic mass is 19.4. The molecule has 0 bridgehead atoms. The molecule has 3 N–H and O–H groups in total. The molecule has 15 heavy (non-hydrogen) atoms. The van der Waals surface area contributed by atoms with Crippen molar-refractivity contribution in [3.8, 4) is 0 Å². The van der Waals surface area contributed by atoms with E-state index < -0.39 is 24.9 Å². The number of nitrogens with one attached hydrogen (secondary N) is 1. The minimum absolute atomic E-state index is 0.176. The molecular weight excluding hydrogens is 209 g/mol. The number of hydrogen-bond donors (Lipinski definition) is 2. The first-order chi connectivity index (χ1) is 6.85. The van der Waals surface area contributed by atoms with Gasteiger partial charge in [0, 0.05) is 19.0 Å². The second-order valence-corrected chi connectivity index (χ2v) is 3.47. The summed E-state index contributed by atoms with van der Waals surface area (Å²) in [5, 5.41) is 2.38. The number of alkyl halides is 3. The van der Waals surface area contributed by atoms with Crippen molar-refractivity contribution in [2.45, 2.75) is 44.8 Å². The highest BCUT2D eigenvalue weighted by Gasteiger charge is 2.27. The third-order valence-corrected chi connectivity index (χ3v) is 1.86. The molecule has 1 amide bonds. The van der Waals surface area contributed by atoms with Crippen LogP contribution in [0.5, 0.6) is 0 Å². The zero-order chi connectivity index (χ0) is 11.9. The Morgan fingerprint density at radius 2 is 2.07 bits per heavy atom. The van der Waals surface area contributed by atoms with Gasteiger partial charge in [-0.05, 0) is 6.42 Å². The fraction of sp³-hybridized carbons (Fsp3) is 0.889. The number of carbonyl (C=O) groups is 1. The third kappa shape index (κ3) is 9.52. The van der Waals surface area contributed by atoms with Crippen molar-refractivity contribution < 1.29 is 18.0 Å². The van der Waals surface area contributed by atoms with Crippen LogP contribution in [0.15, 0.2) is 0 Å². The molecule has 0 saturated carbocycles. The van der Waals surface area contributed by atoms with Crippen LogP contribution in [-0.2, 0) is 4.79 Å². The van der Waals surface area contributed by atoms with Crippen molar-refractivity contribution >= 4 is 5.91 Å². The van der Waals surface area contributed by atoms with Gasteiger partial charge in [-0.3, -0.25) is 4.79 Å². The third-order valence-electron chi connectivity index (χ3n) is 1.86. The Morgan fingerprint density at radius 3 is 2.53 bits per heavy atom. The lowest BCUT2D eigenvalue weighted by atomic mass is 10.2. The molecule has 0 rings (SSSR count). The van der Waals surface area contributed by atoms with Gasteiger partial charge in [0.1, 0.15) is 0 Å². The Labute approximate surface area is 87.2 Å². The van der Waals surface area contributed by atoms with E-state index in [1.165, 1.54) is 0 Å². The van der Waals surface area contributed by atoms with Crippen molar-refractivity contribution in [2.24, 2.45) is 5.73 Å². The SMILES string of the molecule is CCCC(N)CNC(=O)CCC(F)(F)F. The van der Waals surface area contributed by atoms with Crippen molar-refractivity contribution in [3.63, 3.8) is 0 Å². The molecule has 0 aliphatic carbocycles. The van der Waals surface area contributed by atoms with E-state index >= 15 is 0 Å². The lowest BCUT2D eigenvalue weighted by Gasteiger charge is -2.12. The van der Waals surface area contributed by atoms with Gasteiger partial charge in [-0.25, -0.2) is 0 Å². The smallest absolute Gasteiger partial charge is 0.355 e. The van der Waals surface area contributed by atoms with Crippen LogP contribution >= 0.6 is 0 Å². The Morgan fingerprint density at radius 1 is 1.47 bits per heavy atom. The molecule has 0 aliphatic heterocycles. The lowest BCUT2D eigenvalue weighted by molar-refractivity contribution is -0.144. The average Bonchev–Trinajstić information content (AvgIpc) is 2.11. The maximum atomic E-state index is 11.7. The number of carbonyl (C=O) groups excluding carboxylic acids is 1. The van der Waals surface area contributed by atoms with Gasteiger partial charge in [-0.2, -0.15) is 13.2 Å². The molecule has 0 heterocycles. The predicted molar refractivity (Wildman–Crippen MR) is 51.2 cm³/mol. The molecule has 0 saturated heterocycles. The standard InChI is InChI=1S/C9H17F3N2O/c1-2-3-7(13)6-14-8(15)4-5-9(10,11)12/h7H,2-6,13H2,1H3,(H,14,15).